The Morgan fingerprint density at radius 3 is 2.61 bits per heavy atom. The first kappa shape index (κ1) is 22.4. The van der Waals surface area contributed by atoms with Crippen molar-refractivity contribution in [3.05, 3.63) is 68.6 Å². The molecule has 0 bridgehead atoms. The lowest BCUT2D eigenvalue weighted by molar-refractivity contribution is 0.102. The third kappa shape index (κ3) is 4.04. The maximum atomic E-state index is 13.3. The van der Waals surface area contributed by atoms with Crippen LogP contribution in [-0.4, -0.2) is 26.1 Å². The molecule has 1 aromatic carbocycles. The third-order valence-corrected chi connectivity index (χ3v) is 8.87. The highest BCUT2D eigenvalue weighted by Gasteiger charge is 2.22. The van der Waals surface area contributed by atoms with E-state index in [1.807, 2.05) is 31.3 Å². The largest absolute Gasteiger partial charge is 0.318 e. The minimum absolute atomic E-state index is 0.150. The van der Waals surface area contributed by atoms with Crippen molar-refractivity contribution in [3.8, 4) is 5.69 Å². The molecule has 0 aliphatic heterocycles. The predicted molar refractivity (Wildman–Crippen MR) is 139 cm³/mol. The van der Waals surface area contributed by atoms with Crippen LogP contribution in [0.1, 0.15) is 62.0 Å². The van der Waals surface area contributed by atoms with E-state index in [1.54, 1.807) is 11.8 Å². The van der Waals surface area contributed by atoms with Gasteiger partial charge in [-0.05, 0) is 95.2 Å². The monoisotopic (exact) mass is 475 g/mol. The second-order valence-electron chi connectivity index (χ2n) is 9.07. The van der Waals surface area contributed by atoms with Crippen molar-refractivity contribution in [1.82, 2.24) is 14.5 Å². The fourth-order valence-corrected chi connectivity index (χ4v) is 7.20. The van der Waals surface area contributed by atoms with Crippen molar-refractivity contribution >= 4 is 39.1 Å². The Balaban J connectivity index is 1.44. The summed E-state index contributed by atoms with van der Waals surface area (Å²) in [5.41, 5.74) is 7.94. The Labute approximate surface area is 203 Å². The number of carbonyl (C=O) groups is 1. The van der Waals surface area contributed by atoms with Crippen LogP contribution in [0.15, 0.2) is 29.3 Å². The Morgan fingerprint density at radius 2 is 1.82 bits per heavy atom. The number of ketones is 1. The summed E-state index contributed by atoms with van der Waals surface area (Å²) >= 11 is 3.38. The zero-order chi connectivity index (χ0) is 23.3. The molecule has 4 nitrogen and oxygen atoms in total. The van der Waals surface area contributed by atoms with Gasteiger partial charge in [-0.2, -0.15) is 0 Å². The predicted octanol–water partition coefficient (Wildman–Crippen LogP) is 6.88. The van der Waals surface area contributed by atoms with Crippen LogP contribution in [0.4, 0.5) is 0 Å². The molecule has 0 saturated heterocycles. The highest BCUT2D eigenvalue weighted by Crippen LogP contribution is 2.40. The Morgan fingerprint density at radius 1 is 1.03 bits per heavy atom. The fraction of sp³-hybridized carbons (Fsp3) is 0.370. The molecule has 0 amide bonds. The van der Waals surface area contributed by atoms with Gasteiger partial charge in [0.25, 0.3) is 0 Å². The lowest BCUT2D eigenvalue weighted by atomic mass is 9.97. The number of thioether (sulfide) groups is 1. The van der Waals surface area contributed by atoms with E-state index in [2.05, 4.69) is 43.5 Å². The van der Waals surface area contributed by atoms with Crippen LogP contribution in [-0.2, 0) is 12.8 Å². The van der Waals surface area contributed by atoms with Crippen LogP contribution in [0.3, 0.4) is 0 Å². The summed E-state index contributed by atoms with van der Waals surface area (Å²) < 4.78 is 2.19. The number of Topliss-reactive ketones (excluding diaryl/α,β-unsaturated/α-hetero) is 1. The number of nitrogens with zero attached hydrogens (tertiary/aromatic N) is 3. The number of aromatic nitrogens is 3. The van der Waals surface area contributed by atoms with Gasteiger partial charge in [-0.25, -0.2) is 9.97 Å². The molecular formula is C27H29N3OS2. The van der Waals surface area contributed by atoms with Crippen LogP contribution in [0.25, 0.3) is 15.9 Å². The highest BCUT2D eigenvalue weighted by atomic mass is 32.2. The molecule has 33 heavy (non-hydrogen) atoms. The van der Waals surface area contributed by atoms with Crippen molar-refractivity contribution in [3.63, 3.8) is 0 Å². The Hall–Kier alpha value is -2.44. The van der Waals surface area contributed by atoms with E-state index < -0.39 is 0 Å². The van der Waals surface area contributed by atoms with Gasteiger partial charge in [-0.1, -0.05) is 17.8 Å². The molecule has 6 heteroatoms. The molecule has 1 aliphatic carbocycles. The van der Waals surface area contributed by atoms with E-state index in [1.165, 1.54) is 39.8 Å². The van der Waals surface area contributed by atoms with E-state index >= 15 is 0 Å². The first-order chi connectivity index (χ1) is 15.8. The summed E-state index contributed by atoms with van der Waals surface area (Å²) in [6.45, 7) is 10.3. The van der Waals surface area contributed by atoms with Gasteiger partial charge < -0.3 is 4.57 Å². The standard InChI is InChI=1S/C27H29N3OS2/c1-15-10-11-20(12-16(15)2)30-17(3)13-22(18(30)4)23(31)14-32-26-25-21-8-6-7-9-24(21)33-27(25)29-19(5)28-26/h10-13H,6-9,14H2,1-5H3. The van der Waals surface area contributed by atoms with Gasteiger partial charge in [0.05, 0.1) is 5.75 Å². The molecule has 5 rings (SSSR count). The van der Waals surface area contributed by atoms with Crippen molar-refractivity contribution in [2.24, 2.45) is 0 Å². The minimum Gasteiger partial charge on any atom is -0.318 e. The Bertz CT molecular complexity index is 1400. The van der Waals surface area contributed by atoms with Crippen molar-refractivity contribution < 1.29 is 4.79 Å². The van der Waals surface area contributed by atoms with Crippen LogP contribution in [0, 0.1) is 34.6 Å². The molecule has 1 aliphatic rings. The normalized spacial score (nSPS) is 13.5. The van der Waals surface area contributed by atoms with E-state index in [9.17, 15) is 4.79 Å². The molecule has 0 atom stereocenters. The molecule has 0 spiro atoms. The third-order valence-electron chi connectivity index (χ3n) is 6.71. The highest BCUT2D eigenvalue weighted by molar-refractivity contribution is 8.00. The molecule has 0 N–H and O–H groups in total. The smallest absolute Gasteiger partial charge is 0.174 e. The number of aryl methyl sites for hydroxylation is 6. The van der Waals surface area contributed by atoms with Gasteiger partial charge in [0, 0.05) is 32.9 Å². The quantitative estimate of drug-likeness (QED) is 0.179. The molecule has 0 radical (unpaired) electrons. The van der Waals surface area contributed by atoms with Crippen molar-refractivity contribution in [2.45, 2.75) is 65.3 Å². The number of fused-ring (bicyclic) bond motifs is 3. The second kappa shape index (κ2) is 8.73. The van der Waals surface area contributed by atoms with E-state index in [4.69, 9.17) is 9.97 Å². The van der Waals surface area contributed by atoms with Crippen LogP contribution >= 0.6 is 23.1 Å². The zero-order valence-electron chi connectivity index (χ0n) is 19.9. The van der Waals surface area contributed by atoms with Crippen molar-refractivity contribution in [1.29, 1.82) is 0 Å². The average molecular weight is 476 g/mol. The SMILES string of the molecule is Cc1nc(SCC(=O)c2cc(C)n(-c3ccc(C)c(C)c3)c2C)c2c3c(sc2n1)CCCC3. The number of rotatable bonds is 5. The molecule has 3 aromatic heterocycles. The summed E-state index contributed by atoms with van der Waals surface area (Å²) in [5.74, 6) is 1.31. The number of carbonyl (C=O) groups excluding carboxylic acids is 1. The second-order valence-corrected chi connectivity index (χ2v) is 11.1. The molecule has 0 saturated carbocycles. The number of hydrogen-bond donors (Lipinski definition) is 0. The molecule has 0 unspecified atom stereocenters. The summed E-state index contributed by atoms with van der Waals surface area (Å²) in [6.07, 6.45) is 4.72. The van der Waals surface area contributed by atoms with E-state index in [0.717, 1.165) is 51.2 Å². The van der Waals surface area contributed by atoms with Gasteiger partial charge >= 0.3 is 0 Å². The van der Waals surface area contributed by atoms with Crippen LogP contribution in [0.5, 0.6) is 0 Å². The molecule has 170 valence electrons. The molecule has 0 fully saturated rings. The van der Waals surface area contributed by atoms with Crippen LogP contribution in [0.2, 0.25) is 0 Å². The topological polar surface area (TPSA) is 47.8 Å². The fourth-order valence-electron chi connectivity index (χ4n) is 4.85. The Kier molecular flexibility index (Phi) is 5.91. The number of hydrogen-bond acceptors (Lipinski definition) is 5. The van der Waals surface area contributed by atoms with Gasteiger partial charge in [-0.3, -0.25) is 4.79 Å². The maximum absolute atomic E-state index is 13.3. The van der Waals surface area contributed by atoms with Crippen molar-refractivity contribution in [2.75, 3.05) is 5.75 Å². The lowest BCUT2D eigenvalue weighted by Crippen LogP contribution is -2.06. The van der Waals surface area contributed by atoms with Gasteiger partial charge in [0.2, 0.25) is 0 Å². The minimum atomic E-state index is 0.150. The average Bonchev–Trinajstić information content (AvgIpc) is 3.30. The summed E-state index contributed by atoms with van der Waals surface area (Å²) in [5, 5.41) is 2.16. The van der Waals surface area contributed by atoms with E-state index in [0.29, 0.717) is 5.75 Å². The van der Waals surface area contributed by atoms with E-state index in [-0.39, 0.29) is 5.78 Å². The van der Waals surface area contributed by atoms with Gasteiger partial charge in [0.15, 0.2) is 5.78 Å². The van der Waals surface area contributed by atoms with Gasteiger partial charge in [0.1, 0.15) is 15.7 Å². The van der Waals surface area contributed by atoms with Crippen LogP contribution < -0.4 is 0 Å². The zero-order valence-corrected chi connectivity index (χ0v) is 21.5. The molecule has 3 heterocycles. The summed E-state index contributed by atoms with van der Waals surface area (Å²) in [7, 11) is 0. The number of thiophene rings is 1. The molecule has 4 aromatic rings. The summed E-state index contributed by atoms with van der Waals surface area (Å²) in [6, 6.07) is 8.50. The molecular weight excluding hydrogens is 446 g/mol. The maximum Gasteiger partial charge on any atom is 0.174 e. The van der Waals surface area contributed by atoms with Gasteiger partial charge in [-0.15, -0.1) is 11.3 Å². The summed E-state index contributed by atoms with van der Waals surface area (Å²) in [4.78, 5) is 25.3. The lowest BCUT2D eigenvalue weighted by Gasteiger charge is -2.12. The number of benzene rings is 1. The first-order valence-corrected chi connectivity index (χ1v) is 13.3. The first-order valence-electron chi connectivity index (χ1n) is 11.5.